The minimum absolute atomic E-state index is 0.973. The summed E-state index contributed by atoms with van der Waals surface area (Å²) in [5.41, 5.74) is 0. The fraction of sp³-hybridized carbons (Fsp3) is 0.750. The average Bonchev–Trinajstić information content (AvgIpc) is 1.86. The van der Waals surface area contributed by atoms with E-state index < -0.39 is 0 Å². The molecule has 0 N–H and O–H groups in total. The molecule has 0 unspecified atom stereocenters. The van der Waals surface area contributed by atoms with Gasteiger partial charge in [0.2, 0.25) is 0 Å². The summed E-state index contributed by atoms with van der Waals surface area (Å²) >= 11 is 1.46. The molecule has 1 rings (SSSR count). The first kappa shape index (κ1) is 4.62. The first-order chi connectivity index (χ1) is 2.89. The van der Waals surface area contributed by atoms with Gasteiger partial charge in [0.15, 0.2) is 0 Å². The van der Waals surface area contributed by atoms with Gasteiger partial charge in [0.05, 0.1) is 0 Å². The summed E-state index contributed by atoms with van der Waals surface area (Å²) in [4.78, 5) is 0. The van der Waals surface area contributed by atoms with Crippen LogP contribution in [0.1, 0.15) is 12.8 Å². The van der Waals surface area contributed by atoms with E-state index in [0.29, 0.717) is 0 Å². The van der Waals surface area contributed by atoms with Crippen molar-refractivity contribution in [2.45, 2.75) is 12.8 Å². The third-order valence-electron chi connectivity index (χ3n) is 0.824. The van der Waals surface area contributed by atoms with Gasteiger partial charge in [0, 0.05) is 0 Å². The molecule has 0 spiro atoms. The molecule has 1 nitrogen and oxygen atoms in total. The van der Waals surface area contributed by atoms with E-state index in [-0.39, 0.29) is 0 Å². The summed E-state index contributed by atoms with van der Waals surface area (Å²) in [6.07, 6.45) is 2.47. The second-order valence-electron chi connectivity index (χ2n) is 1.38. The molecular weight excluding hydrogens is 183 g/mol. The van der Waals surface area contributed by atoms with E-state index in [0.717, 1.165) is 6.61 Å². The van der Waals surface area contributed by atoms with Crippen LogP contribution in [-0.2, 0) is 4.74 Å². The molecule has 0 amide bonds. The van der Waals surface area contributed by atoms with Crippen LogP contribution in [0.2, 0.25) is 0 Å². The second-order valence-corrected chi connectivity index (χ2v) is 2.97. The molecule has 1 aliphatic rings. The van der Waals surface area contributed by atoms with Gasteiger partial charge in [-0.05, 0) is 0 Å². The summed E-state index contributed by atoms with van der Waals surface area (Å²) in [7, 11) is 0. The second kappa shape index (κ2) is 1.96. The van der Waals surface area contributed by atoms with Crippen LogP contribution in [0, 0.1) is 0 Å². The minimum atomic E-state index is 0.973. The summed E-state index contributed by atoms with van der Waals surface area (Å²) in [5, 5.41) is 0. The van der Waals surface area contributed by atoms with Gasteiger partial charge in [-0.25, -0.2) is 0 Å². The zero-order chi connectivity index (χ0) is 4.41. The van der Waals surface area contributed by atoms with Crippen molar-refractivity contribution in [2.75, 3.05) is 6.61 Å². The van der Waals surface area contributed by atoms with Crippen molar-refractivity contribution >= 4 is 25.8 Å². The van der Waals surface area contributed by atoms with Crippen molar-refractivity contribution in [2.24, 2.45) is 0 Å². The summed E-state index contributed by atoms with van der Waals surface area (Å²) in [6, 6.07) is 0. The molecule has 0 atom stereocenters. The Morgan fingerprint density at radius 3 is 2.67 bits per heavy atom. The van der Waals surface area contributed by atoms with Crippen molar-refractivity contribution < 1.29 is 4.74 Å². The van der Waals surface area contributed by atoms with Crippen LogP contribution in [0.15, 0.2) is 0 Å². The van der Waals surface area contributed by atoms with E-state index in [2.05, 4.69) is 0 Å². The zero-order valence-corrected chi connectivity index (χ0v) is 6.38. The topological polar surface area (TPSA) is 9.23 Å². The summed E-state index contributed by atoms with van der Waals surface area (Å²) in [6.45, 7) is 0.973. The first-order valence-corrected chi connectivity index (χ1v) is 3.52. The van der Waals surface area contributed by atoms with E-state index in [1.165, 1.54) is 38.6 Å². The van der Waals surface area contributed by atoms with Gasteiger partial charge in [-0.15, -0.1) is 0 Å². The van der Waals surface area contributed by atoms with Gasteiger partial charge >= 0.3 is 49.9 Å². The van der Waals surface area contributed by atoms with E-state index in [9.17, 15) is 0 Å². The third kappa shape index (κ3) is 0.964. The molecule has 0 bridgehead atoms. The number of hydrogen-bond donors (Lipinski definition) is 0. The molecule has 0 saturated carbocycles. The first-order valence-electron chi connectivity index (χ1n) is 2.10. The molecule has 0 aromatic carbocycles. The monoisotopic (exact) mass is 190 g/mol. The number of rotatable bonds is 0. The Labute approximate surface area is 50.3 Å². The van der Waals surface area contributed by atoms with E-state index >= 15 is 0 Å². The van der Waals surface area contributed by atoms with Crippen molar-refractivity contribution in [3.63, 3.8) is 0 Å². The predicted octanol–water partition coefficient (Wildman–Crippen LogP) is 0.0952. The molecule has 1 heterocycles. The standard InChI is InChI=1S/C4H6O.Sn/c1-2-4-5-3-1;/h1-3H2;. The Kier molecular flexibility index (Phi) is 1.51. The molecular formula is C4H6OSn. The normalized spacial score (nSPS) is 21.0. The van der Waals surface area contributed by atoms with E-state index in [1.54, 1.807) is 0 Å². The van der Waals surface area contributed by atoms with Gasteiger partial charge < -0.3 is 0 Å². The number of hydrogen-bond acceptors (Lipinski definition) is 1. The fourth-order valence-corrected chi connectivity index (χ4v) is 1.30. The van der Waals surface area contributed by atoms with Crippen molar-refractivity contribution in [3.05, 3.63) is 0 Å². The van der Waals surface area contributed by atoms with Crippen LogP contribution in [0.3, 0.4) is 0 Å². The van der Waals surface area contributed by atoms with Crippen LogP contribution in [0.4, 0.5) is 0 Å². The Hall–Kier alpha value is 0.469. The maximum atomic E-state index is 5.11. The molecule has 1 saturated heterocycles. The fourth-order valence-electron chi connectivity index (χ4n) is 0.500. The van der Waals surface area contributed by atoms with Gasteiger partial charge in [0.1, 0.15) is 0 Å². The average molecular weight is 189 g/mol. The summed E-state index contributed by atoms with van der Waals surface area (Å²) in [5.74, 6) is 0. The predicted molar refractivity (Wildman–Crippen MR) is 25.9 cm³/mol. The molecule has 2 heteroatoms. The van der Waals surface area contributed by atoms with E-state index in [1.807, 2.05) is 0 Å². The van der Waals surface area contributed by atoms with Gasteiger partial charge in [0.25, 0.3) is 0 Å². The molecule has 1 fully saturated rings. The quantitative estimate of drug-likeness (QED) is 0.490. The molecule has 2 radical (unpaired) electrons. The van der Waals surface area contributed by atoms with Gasteiger partial charge in [-0.2, -0.15) is 0 Å². The Bertz CT molecular complexity index is 61.9. The molecule has 0 aromatic heterocycles. The number of ether oxygens (including phenoxy) is 1. The van der Waals surface area contributed by atoms with Crippen LogP contribution in [0.25, 0.3) is 0 Å². The molecule has 1 aliphatic heterocycles. The third-order valence-corrected chi connectivity index (χ3v) is 1.95. The van der Waals surface area contributed by atoms with Crippen LogP contribution < -0.4 is 0 Å². The van der Waals surface area contributed by atoms with Gasteiger partial charge in [-0.1, -0.05) is 0 Å². The SMILES string of the molecule is [Sn]=[C]1CCCO1. The Morgan fingerprint density at radius 2 is 2.50 bits per heavy atom. The molecule has 0 aliphatic carbocycles. The van der Waals surface area contributed by atoms with Gasteiger partial charge in [-0.3, -0.25) is 0 Å². The summed E-state index contributed by atoms with van der Waals surface area (Å²) < 4.78 is 6.40. The van der Waals surface area contributed by atoms with Crippen molar-refractivity contribution in [3.8, 4) is 0 Å². The van der Waals surface area contributed by atoms with Crippen molar-refractivity contribution in [1.82, 2.24) is 0 Å². The van der Waals surface area contributed by atoms with Crippen LogP contribution in [0.5, 0.6) is 0 Å². The molecule has 32 valence electrons. The maximum absolute atomic E-state index is 5.11. The van der Waals surface area contributed by atoms with Crippen LogP contribution >= 0.6 is 0 Å². The van der Waals surface area contributed by atoms with E-state index in [4.69, 9.17) is 4.74 Å². The Balaban J connectivity index is 2.37. The Morgan fingerprint density at radius 1 is 1.67 bits per heavy atom. The van der Waals surface area contributed by atoms with Crippen molar-refractivity contribution in [1.29, 1.82) is 0 Å². The molecule has 0 aromatic rings. The van der Waals surface area contributed by atoms with Crippen LogP contribution in [-0.4, -0.2) is 32.4 Å². The molecule has 6 heavy (non-hydrogen) atoms. The zero-order valence-electron chi connectivity index (χ0n) is 3.53.